The molecule has 3 heteroatoms. The summed E-state index contributed by atoms with van der Waals surface area (Å²) in [5.41, 5.74) is 1.08. The summed E-state index contributed by atoms with van der Waals surface area (Å²) in [4.78, 5) is 2.58. The van der Waals surface area contributed by atoms with Crippen LogP contribution in [0.25, 0.3) is 0 Å². The van der Waals surface area contributed by atoms with Gasteiger partial charge in [0.1, 0.15) is 5.82 Å². The van der Waals surface area contributed by atoms with E-state index in [1.807, 2.05) is 12.1 Å². The molecule has 1 N–H and O–H groups in total. The molecular formula is C18H27FN2. The van der Waals surface area contributed by atoms with E-state index in [0.29, 0.717) is 0 Å². The molecule has 0 amide bonds. The van der Waals surface area contributed by atoms with Crippen LogP contribution < -0.4 is 5.32 Å². The van der Waals surface area contributed by atoms with Crippen molar-refractivity contribution in [2.75, 3.05) is 13.6 Å². The monoisotopic (exact) mass is 290 g/mol. The van der Waals surface area contributed by atoms with Gasteiger partial charge in [-0.05, 0) is 69.3 Å². The van der Waals surface area contributed by atoms with E-state index in [0.717, 1.165) is 36.5 Å². The van der Waals surface area contributed by atoms with Crippen molar-refractivity contribution >= 4 is 0 Å². The van der Waals surface area contributed by atoms with Gasteiger partial charge in [-0.1, -0.05) is 19.1 Å². The maximum absolute atomic E-state index is 13.4. The SMILES string of the molecule is CCC(NCC1CC2CCC(C1)N2C)c1cccc(F)c1. The third-order valence-electron chi connectivity index (χ3n) is 5.51. The number of piperidine rings is 1. The lowest BCUT2D eigenvalue weighted by Crippen LogP contribution is -2.42. The van der Waals surface area contributed by atoms with Crippen molar-refractivity contribution in [2.45, 2.75) is 57.2 Å². The van der Waals surface area contributed by atoms with Crippen LogP contribution in [0.3, 0.4) is 0 Å². The first-order valence-corrected chi connectivity index (χ1v) is 8.38. The Labute approximate surface area is 127 Å². The molecule has 2 saturated heterocycles. The lowest BCUT2D eigenvalue weighted by atomic mass is 9.90. The van der Waals surface area contributed by atoms with Gasteiger partial charge in [-0.15, -0.1) is 0 Å². The maximum Gasteiger partial charge on any atom is 0.123 e. The van der Waals surface area contributed by atoms with Crippen molar-refractivity contribution < 1.29 is 4.39 Å². The van der Waals surface area contributed by atoms with Crippen LogP contribution in [-0.4, -0.2) is 30.6 Å². The van der Waals surface area contributed by atoms with Crippen molar-refractivity contribution in [1.29, 1.82) is 0 Å². The van der Waals surface area contributed by atoms with Gasteiger partial charge < -0.3 is 10.2 Å². The molecule has 0 radical (unpaired) electrons. The molecule has 0 spiro atoms. The Morgan fingerprint density at radius 2 is 2.00 bits per heavy atom. The second-order valence-electron chi connectivity index (χ2n) is 6.81. The Bertz CT molecular complexity index is 462. The molecule has 2 heterocycles. The third-order valence-corrected chi connectivity index (χ3v) is 5.51. The number of hydrogen-bond acceptors (Lipinski definition) is 2. The van der Waals surface area contributed by atoms with E-state index in [9.17, 15) is 4.39 Å². The van der Waals surface area contributed by atoms with E-state index < -0.39 is 0 Å². The Balaban J connectivity index is 1.56. The molecule has 116 valence electrons. The minimum atomic E-state index is -0.134. The maximum atomic E-state index is 13.4. The fourth-order valence-corrected chi connectivity index (χ4v) is 4.22. The third kappa shape index (κ3) is 3.29. The van der Waals surface area contributed by atoms with Crippen molar-refractivity contribution in [3.05, 3.63) is 35.6 Å². The van der Waals surface area contributed by atoms with Crippen LogP contribution in [0.2, 0.25) is 0 Å². The normalized spacial score (nSPS) is 30.5. The van der Waals surface area contributed by atoms with E-state index in [2.05, 4.69) is 24.2 Å². The molecule has 0 saturated carbocycles. The summed E-state index contributed by atoms with van der Waals surface area (Å²) < 4.78 is 13.4. The summed E-state index contributed by atoms with van der Waals surface area (Å²) in [5, 5.41) is 3.68. The predicted molar refractivity (Wildman–Crippen MR) is 84.7 cm³/mol. The predicted octanol–water partition coefficient (Wildman–Crippen LogP) is 3.74. The van der Waals surface area contributed by atoms with Gasteiger partial charge >= 0.3 is 0 Å². The lowest BCUT2D eigenvalue weighted by molar-refractivity contribution is 0.131. The molecule has 2 nitrogen and oxygen atoms in total. The van der Waals surface area contributed by atoms with Crippen molar-refractivity contribution in [3.63, 3.8) is 0 Å². The minimum Gasteiger partial charge on any atom is -0.310 e. The minimum absolute atomic E-state index is 0.134. The second-order valence-corrected chi connectivity index (χ2v) is 6.81. The Kier molecular flexibility index (Phi) is 4.60. The van der Waals surface area contributed by atoms with Crippen molar-refractivity contribution in [2.24, 2.45) is 5.92 Å². The Morgan fingerprint density at radius 1 is 1.29 bits per heavy atom. The highest BCUT2D eigenvalue weighted by molar-refractivity contribution is 5.20. The first-order valence-electron chi connectivity index (χ1n) is 8.38. The van der Waals surface area contributed by atoms with Gasteiger partial charge in [0, 0.05) is 18.1 Å². The molecule has 0 aromatic heterocycles. The molecule has 2 aliphatic rings. The van der Waals surface area contributed by atoms with Gasteiger partial charge in [-0.25, -0.2) is 4.39 Å². The molecule has 3 rings (SSSR count). The van der Waals surface area contributed by atoms with Crippen molar-refractivity contribution in [1.82, 2.24) is 10.2 Å². The van der Waals surface area contributed by atoms with Crippen LogP contribution in [0.4, 0.5) is 4.39 Å². The number of rotatable bonds is 5. The van der Waals surface area contributed by atoms with Gasteiger partial charge in [0.2, 0.25) is 0 Å². The summed E-state index contributed by atoms with van der Waals surface area (Å²) in [6.45, 7) is 3.23. The fraction of sp³-hybridized carbons (Fsp3) is 0.667. The fourth-order valence-electron chi connectivity index (χ4n) is 4.22. The molecule has 1 aromatic rings. The number of nitrogens with zero attached hydrogens (tertiary/aromatic N) is 1. The number of benzene rings is 1. The molecule has 2 bridgehead atoms. The summed E-state index contributed by atoms with van der Waals surface area (Å²) in [6, 6.07) is 8.89. The van der Waals surface area contributed by atoms with Gasteiger partial charge in [0.15, 0.2) is 0 Å². The molecule has 2 fully saturated rings. The highest BCUT2D eigenvalue weighted by Gasteiger charge is 2.38. The lowest BCUT2D eigenvalue weighted by Gasteiger charge is -2.37. The molecule has 2 aliphatic heterocycles. The quantitative estimate of drug-likeness (QED) is 0.888. The zero-order chi connectivity index (χ0) is 14.8. The average Bonchev–Trinajstić information content (AvgIpc) is 2.71. The highest BCUT2D eigenvalue weighted by Crippen LogP contribution is 2.37. The summed E-state index contributed by atoms with van der Waals surface area (Å²) in [6.07, 6.45) is 6.39. The topological polar surface area (TPSA) is 15.3 Å². The highest BCUT2D eigenvalue weighted by atomic mass is 19.1. The van der Waals surface area contributed by atoms with E-state index in [1.54, 1.807) is 6.07 Å². The van der Waals surface area contributed by atoms with Crippen LogP contribution in [-0.2, 0) is 0 Å². The average molecular weight is 290 g/mol. The summed E-state index contributed by atoms with van der Waals surface area (Å²) in [5.74, 6) is 0.645. The van der Waals surface area contributed by atoms with E-state index in [4.69, 9.17) is 0 Å². The van der Waals surface area contributed by atoms with Crippen LogP contribution in [0.1, 0.15) is 50.6 Å². The largest absolute Gasteiger partial charge is 0.310 e. The first kappa shape index (κ1) is 15.0. The molecule has 1 aromatic carbocycles. The van der Waals surface area contributed by atoms with Gasteiger partial charge in [0.25, 0.3) is 0 Å². The number of nitrogens with one attached hydrogen (secondary N) is 1. The number of hydrogen-bond donors (Lipinski definition) is 1. The Hall–Kier alpha value is -0.930. The van der Waals surface area contributed by atoms with Gasteiger partial charge in [0.05, 0.1) is 0 Å². The second kappa shape index (κ2) is 6.45. The molecule has 3 unspecified atom stereocenters. The number of halogens is 1. The van der Waals surface area contributed by atoms with E-state index >= 15 is 0 Å². The van der Waals surface area contributed by atoms with Gasteiger partial charge in [-0.3, -0.25) is 0 Å². The smallest absolute Gasteiger partial charge is 0.123 e. The van der Waals surface area contributed by atoms with E-state index in [-0.39, 0.29) is 11.9 Å². The first-order chi connectivity index (χ1) is 10.2. The van der Waals surface area contributed by atoms with Crippen LogP contribution in [0, 0.1) is 11.7 Å². The standard InChI is InChI=1S/C18H27FN2/c1-3-18(14-5-4-6-15(19)11-14)20-12-13-9-16-7-8-17(10-13)21(16)2/h4-6,11,13,16-18,20H,3,7-10,12H2,1-2H3. The number of fused-ring (bicyclic) bond motifs is 2. The van der Waals surface area contributed by atoms with Crippen LogP contribution >= 0.6 is 0 Å². The van der Waals surface area contributed by atoms with Gasteiger partial charge in [-0.2, -0.15) is 0 Å². The van der Waals surface area contributed by atoms with Crippen LogP contribution in [0.15, 0.2) is 24.3 Å². The summed E-state index contributed by atoms with van der Waals surface area (Å²) in [7, 11) is 2.29. The van der Waals surface area contributed by atoms with Crippen molar-refractivity contribution in [3.8, 4) is 0 Å². The van der Waals surface area contributed by atoms with E-state index in [1.165, 1.54) is 31.7 Å². The Morgan fingerprint density at radius 3 is 2.62 bits per heavy atom. The molecular weight excluding hydrogens is 263 g/mol. The zero-order valence-electron chi connectivity index (χ0n) is 13.2. The van der Waals surface area contributed by atoms with Crippen LogP contribution in [0.5, 0.6) is 0 Å². The summed E-state index contributed by atoms with van der Waals surface area (Å²) >= 11 is 0. The zero-order valence-corrected chi connectivity index (χ0v) is 13.2. The molecule has 3 atom stereocenters. The molecule has 0 aliphatic carbocycles. The molecule has 21 heavy (non-hydrogen) atoms.